The van der Waals surface area contributed by atoms with Crippen LogP contribution >= 0.6 is 0 Å². The fourth-order valence-electron chi connectivity index (χ4n) is 5.08. The third kappa shape index (κ3) is 7.12. The van der Waals surface area contributed by atoms with E-state index in [9.17, 15) is 29.4 Å². The van der Waals surface area contributed by atoms with Crippen LogP contribution in [0.3, 0.4) is 0 Å². The Morgan fingerprint density at radius 1 is 1.05 bits per heavy atom. The van der Waals surface area contributed by atoms with Gasteiger partial charge in [0.15, 0.2) is 5.82 Å². The number of benzene rings is 1. The number of hydrogen-bond acceptors (Lipinski definition) is 8. The van der Waals surface area contributed by atoms with E-state index in [4.69, 9.17) is 4.74 Å². The average molecular weight is 554 g/mol. The Morgan fingerprint density at radius 3 is 2.38 bits per heavy atom. The van der Waals surface area contributed by atoms with Crippen LogP contribution in [0.2, 0.25) is 0 Å². The highest BCUT2D eigenvalue weighted by molar-refractivity contribution is 5.96. The van der Waals surface area contributed by atoms with Gasteiger partial charge in [-0.05, 0) is 32.3 Å². The normalized spacial score (nSPS) is 19.6. The first-order valence-electron chi connectivity index (χ1n) is 13.6. The maximum atomic E-state index is 13.5. The maximum Gasteiger partial charge on any atom is 0.409 e. The summed E-state index contributed by atoms with van der Waals surface area (Å²) in [5.41, 5.74) is 1.28. The van der Waals surface area contributed by atoms with E-state index in [0.717, 1.165) is 12.8 Å². The van der Waals surface area contributed by atoms with E-state index in [1.165, 1.54) is 15.9 Å². The Balaban J connectivity index is 1.55. The molecule has 12 heteroatoms. The second kappa shape index (κ2) is 13.3. The molecule has 12 nitrogen and oxygen atoms in total. The minimum atomic E-state index is -1.10. The minimum absolute atomic E-state index is 0.0307. The number of aromatic nitrogens is 2. The Bertz CT molecular complexity index is 1220. The van der Waals surface area contributed by atoms with Crippen LogP contribution in [0.1, 0.15) is 61.1 Å². The van der Waals surface area contributed by atoms with Crippen molar-refractivity contribution >= 4 is 23.9 Å². The van der Waals surface area contributed by atoms with Gasteiger partial charge in [0.05, 0.1) is 18.4 Å². The van der Waals surface area contributed by atoms with E-state index in [-0.39, 0.29) is 57.2 Å². The molecule has 3 amide bonds. The number of rotatable bonds is 9. The number of nitrogens with one attached hydrogen (secondary N) is 1. The van der Waals surface area contributed by atoms with Gasteiger partial charge in [0.1, 0.15) is 11.7 Å². The van der Waals surface area contributed by atoms with Crippen LogP contribution in [0.15, 0.2) is 36.4 Å². The number of aliphatic carboxylic acids is 1. The van der Waals surface area contributed by atoms with Crippen LogP contribution in [-0.2, 0) is 14.3 Å². The quantitative estimate of drug-likeness (QED) is 0.422. The number of piperazine rings is 1. The van der Waals surface area contributed by atoms with Crippen LogP contribution < -0.4 is 5.32 Å². The SMILES string of the molecule is CCOC(=O)N1CCN(C(=O)[C@H](CCC(=O)O)NC(=O)c2cc(C3CCCC3O)nc(-c3ccccc3)n2)CC1. The Labute approximate surface area is 232 Å². The number of carbonyl (C=O) groups excluding carboxylic acids is 3. The molecule has 1 saturated heterocycles. The van der Waals surface area contributed by atoms with Gasteiger partial charge in [0.2, 0.25) is 5.91 Å². The summed E-state index contributed by atoms with van der Waals surface area (Å²) in [4.78, 5) is 62.4. The number of hydrogen-bond donors (Lipinski definition) is 3. The van der Waals surface area contributed by atoms with Crippen LogP contribution in [0.4, 0.5) is 4.79 Å². The zero-order valence-electron chi connectivity index (χ0n) is 22.5. The first-order valence-corrected chi connectivity index (χ1v) is 13.6. The van der Waals surface area contributed by atoms with Crippen molar-refractivity contribution in [2.75, 3.05) is 32.8 Å². The van der Waals surface area contributed by atoms with Crippen LogP contribution in [-0.4, -0.2) is 98.8 Å². The summed E-state index contributed by atoms with van der Waals surface area (Å²) in [5.74, 6) is -2.07. The lowest BCUT2D eigenvalue weighted by molar-refractivity contribution is -0.138. The number of carboxylic acid groups (broad SMARTS) is 1. The van der Waals surface area contributed by atoms with Crippen molar-refractivity contribution in [3.63, 3.8) is 0 Å². The number of aliphatic hydroxyl groups is 1. The van der Waals surface area contributed by atoms with E-state index >= 15 is 0 Å². The number of carbonyl (C=O) groups is 4. The summed E-state index contributed by atoms with van der Waals surface area (Å²) in [6.45, 7) is 2.95. The van der Waals surface area contributed by atoms with Crippen LogP contribution in [0, 0.1) is 0 Å². The fraction of sp³-hybridized carbons (Fsp3) is 0.500. The lowest BCUT2D eigenvalue weighted by Gasteiger charge is -2.35. The molecule has 214 valence electrons. The average Bonchev–Trinajstić information content (AvgIpc) is 3.40. The number of carboxylic acids is 1. The number of aliphatic hydroxyl groups excluding tert-OH is 1. The summed E-state index contributed by atoms with van der Waals surface area (Å²) in [6.07, 6.45) is 0.754. The summed E-state index contributed by atoms with van der Waals surface area (Å²) >= 11 is 0. The first kappa shape index (κ1) is 28.9. The zero-order valence-corrected chi connectivity index (χ0v) is 22.5. The van der Waals surface area contributed by atoms with Crippen molar-refractivity contribution in [3.05, 3.63) is 47.8 Å². The zero-order chi connectivity index (χ0) is 28.6. The molecule has 2 aliphatic rings. The van der Waals surface area contributed by atoms with Crippen LogP contribution in [0.25, 0.3) is 11.4 Å². The van der Waals surface area contributed by atoms with Crippen molar-refractivity contribution in [1.82, 2.24) is 25.1 Å². The molecular weight excluding hydrogens is 518 g/mol. The highest BCUT2D eigenvalue weighted by Crippen LogP contribution is 2.34. The molecule has 4 rings (SSSR count). The molecule has 1 saturated carbocycles. The van der Waals surface area contributed by atoms with Gasteiger partial charge in [-0.3, -0.25) is 14.4 Å². The maximum absolute atomic E-state index is 13.5. The third-order valence-corrected chi connectivity index (χ3v) is 7.24. The highest BCUT2D eigenvalue weighted by atomic mass is 16.6. The van der Waals surface area contributed by atoms with Gasteiger partial charge in [-0.1, -0.05) is 36.8 Å². The molecule has 1 aliphatic heterocycles. The molecular formula is C28H35N5O7. The van der Waals surface area contributed by atoms with Crippen LogP contribution in [0.5, 0.6) is 0 Å². The molecule has 0 spiro atoms. The molecule has 2 unspecified atom stereocenters. The summed E-state index contributed by atoms with van der Waals surface area (Å²) in [6, 6.07) is 9.59. The Morgan fingerprint density at radius 2 is 1.75 bits per heavy atom. The van der Waals surface area contributed by atoms with E-state index in [1.807, 2.05) is 30.3 Å². The van der Waals surface area contributed by atoms with Gasteiger partial charge >= 0.3 is 12.1 Å². The molecule has 0 radical (unpaired) electrons. The van der Waals surface area contributed by atoms with Gasteiger partial charge in [0.25, 0.3) is 5.91 Å². The van der Waals surface area contributed by atoms with Gasteiger partial charge in [-0.15, -0.1) is 0 Å². The first-order chi connectivity index (χ1) is 19.3. The molecule has 1 aliphatic carbocycles. The van der Waals surface area contributed by atoms with Crippen molar-refractivity contribution in [1.29, 1.82) is 0 Å². The number of amides is 3. The summed E-state index contributed by atoms with van der Waals surface area (Å²) in [7, 11) is 0. The largest absolute Gasteiger partial charge is 0.481 e. The predicted octanol–water partition coefficient (Wildman–Crippen LogP) is 2.04. The van der Waals surface area contributed by atoms with E-state index in [0.29, 0.717) is 23.5 Å². The van der Waals surface area contributed by atoms with Crippen molar-refractivity contribution in [2.24, 2.45) is 0 Å². The number of ether oxygens (including phenoxy) is 1. The molecule has 1 aromatic heterocycles. The lowest BCUT2D eigenvalue weighted by atomic mass is 10.00. The van der Waals surface area contributed by atoms with Gasteiger partial charge < -0.3 is 30.1 Å². The molecule has 3 atom stereocenters. The Kier molecular flexibility index (Phi) is 9.65. The topological polar surface area (TPSA) is 162 Å². The monoisotopic (exact) mass is 553 g/mol. The molecule has 40 heavy (non-hydrogen) atoms. The van der Waals surface area contributed by atoms with E-state index in [2.05, 4.69) is 15.3 Å². The van der Waals surface area contributed by atoms with E-state index < -0.39 is 36.0 Å². The smallest absolute Gasteiger partial charge is 0.409 e. The molecule has 2 fully saturated rings. The molecule has 2 aromatic rings. The minimum Gasteiger partial charge on any atom is -0.481 e. The predicted molar refractivity (Wildman–Crippen MR) is 143 cm³/mol. The van der Waals surface area contributed by atoms with E-state index in [1.54, 1.807) is 6.92 Å². The van der Waals surface area contributed by atoms with Gasteiger partial charge in [0, 0.05) is 44.1 Å². The second-order valence-electron chi connectivity index (χ2n) is 9.94. The molecule has 3 N–H and O–H groups in total. The lowest BCUT2D eigenvalue weighted by Crippen LogP contribution is -2.56. The molecule has 1 aromatic carbocycles. The third-order valence-electron chi connectivity index (χ3n) is 7.24. The standard InChI is InChI=1S/C28H35N5O7/c1-2-40-28(39)33-15-13-32(14-16-33)27(38)20(11-12-24(35)36)31-26(37)22-17-21(19-9-6-10-23(19)34)29-25(30-22)18-7-4-3-5-8-18/h3-5,7-8,17,19-20,23,34H,2,6,9-16H2,1H3,(H,31,37)(H,35,36)/t19?,20-,23?/m0/s1. The molecule has 2 heterocycles. The highest BCUT2D eigenvalue weighted by Gasteiger charge is 2.33. The summed E-state index contributed by atoms with van der Waals surface area (Å²) < 4.78 is 5.02. The van der Waals surface area contributed by atoms with Crippen molar-refractivity contribution in [2.45, 2.75) is 57.1 Å². The van der Waals surface area contributed by atoms with Gasteiger partial charge in [-0.2, -0.15) is 0 Å². The van der Waals surface area contributed by atoms with Crippen molar-refractivity contribution in [3.8, 4) is 11.4 Å². The number of nitrogens with zero attached hydrogens (tertiary/aromatic N) is 4. The Hall–Kier alpha value is -4.06. The van der Waals surface area contributed by atoms with Gasteiger partial charge in [-0.25, -0.2) is 14.8 Å². The summed E-state index contributed by atoms with van der Waals surface area (Å²) in [5, 5.41) is 22.5. The molecule has 0 bridgehead atoms. The second-order valence-corrected chi connectivity index (χ2v) is 9.94. The fourth-order valence-corrected chi connectivity index (χ4v) is 5.08. The van der Waals surface area contributed by atoms with Crippen molar-refractivity contribution < 1.29 is 34.1 Å².